The molecule has 0 radical (unpaired) electrons. The number of rotatable bonds is 8. The van der Waals surface area contributed by atoms with Crippen LogP contribution in [0.15, 0.2) is 65.8 Å². The van der Waals surface area contributed by atoms with Crippen LogP contribution in [0.4, 0.5) is 13.2 Å². The number of hydrogen-bond donors (Lipinski definition) is 0. The lowest BCUT2D eigenvalue weighted by Crippen LogP contribution is -2.19. The number of aromatic nitrogens is 4. The van der Waals surface area contributed by atoms with Gasteiger partial charge in [0.1, 0.15) is 11.5 Å². The molecule has 0 amide bonds. The minimum Gasteiger partial charge on any atom is -0.464 e. The Balaban J connectivity index is 1.34. The van der Waals surface area contributed by atoms with E-state index in [1.807, 2.05) is 13.2 Å². The van der Waals surface area contributed by atoms with Gasteiger partial charge in [0.25, 0.3) is 11.6 Å². The molecular weight excluding hydrogens is 497 g/mol. The summed E-state index contributed by atoms with van der Waals surface area (Å²) in [7, 11) is 3.56. The summed E-state index contributed by atoms with van der Waals surface area (Å²) >= 11 is 5.64. The minimum atomic E-state index is -4.57. The number of aryl methyl sites for hydroxylation is 2. The highest BCUT2D eigenvalue weighted by molar-refractivity contribution is 6.31. The second-order valence-electron chi connectivity index (χ2n) is 8.15. The van der Waals surface area contributed by atoms with Crippen LogP contribution in [0.25, 0.3) is 0 Å². The lowest BCUT2D eigenvalue weighted by Gasteiger charge is -2.12. The predicted molar refractivity (Wildman–Crippen MR) is 128 cm³/mol. The monoisotopic (exact) mass is 518 g/mol. The quantitative estimate of drug-likeness (QED) is 0.321. The van der Waals surface area contributed by atoms with Crippen molar-refractivity contribution in [3.8, 4) is 17.5 Å². The van der Waals surface area contributed by atoms with Gasteiger partial charge in [0.2, 0.25) is 0 Å². The second-order valence-corrected chi connectivity index (χ2v) is 8.55. The first kappa shape index (κ1) is 25.3. The van der Waals surface area contributed by atoms with E-state index in [0.29, 0.717) is 24.2 Å². The third kappa shape index (κ3) is 6.25. The molecule has 11 heteroatoms. The van der Waals surface area contributed by atoms with Gasteiger partial charge >= 0.3 is 6.18 Å². The average Bonchev–Trinajstić information content (AvgIpc) is 3.23. The molecule has 0 saturated carbocycles. The molecule has 0 aliphatic rings. The SMILES string of the molecule is Cn1cc(Cc2cn(C)c(OCCc3ccc(Oc4ccc(Cl)c(C(F)(F)F)c4)cc3)nc2=O)cn1. The summed E-state index contributed by atoms with van der Waals surface area (Å²) < 4.78 is 53.7. The molecule has 0 unspecified atom stereocenters. The first-order valence-electron chi connectivity index (χ1n) is 10.9. The van der Waals surface area contributed by atoms with Crippen molar-refractivity contribution in [1.29, 1.82) is 0 Å². The summed E-state index contributed by atoms with van der Waals surface area (Å²) in [5, 5.41) is 3.71. The van der Waals surface area contributed by atoms with Gasteiger partial charge in [0.15, 0.2) is 0 Å². The predicted octanol–water partition coefficient (Wildman–Crippen LogP) is 5.19. The van der Waals surface area contributed by atoms with E-state index in [1.165, 1.54) is 6.07 Å². The molecule has 36 heavy (non-hydrogen) atoms. The van der Waals surface area contributed by atoms with Crippen LogP contribution in [0, 0.1) is 0 Å². The molecule has 0 saturated heterocycles. The van der Waals surface area contributed by atoms with E-state index >= 15 is 0 Å². The molecule has 0 fully saturated rings. The van der Waals surface area contributed by atoms with Crippen LogP contribution in [0.3, 0.4) is 0 Å². The smallest absolute Gasteiger partial charge is 0.417 e. The van der Waals surface area contributed by atoms with Crippen LogP contribution in [0.2, 0.25) is 5.02 Å². The van der Waals surface area contributed by atoms with Crippen molar-refractivity contribution >= 4 is 11.6 Å². The number of nitrogens with zero attached hydrogens (tertiary/aromatic N) is 4. The van der Waals surface area contributed by atoms with Gasteiger partial charge in [-0.1, -0.05) is 23.7 Å². The van der Waals surface area contributed by atoms with Crippen molar-refractivity contribution < 1.29 is 22.6 Å². The highest BCUT2D eigenvalue weighted by Gasteiger charge is 2.33. The number of alkyl halides is 3. The van der Waals surface area contributed by atoms with Gasteiger partial charge in [-0.05, 0) is 41.5 Å². The summed E-state index contributed by atoms with van der Waals surface area (Å²) in [5.41, 5.74) is 1.05. The lowest BCUT2D eigenvalue weighted by atomic mass is 10.1. The minimum absolute atomic E-state index is 0.0294. The van der Waals surface area contributed by atoms with Crippen LogP contribution in [0.1, 0.15) is 22.3 Å². The van der Waals surface area contributed by atoms with Crippen LogP contribution in [-0.4, -0.2) is 25.9 Å². The fourth-order valence-electron chi connectivity index (χ4n) is 3.53. The third-order valence-electron chi connectivity index (χ3n) is 5.30. The molecule has 2 aromatic carbocycles. The van der Waals surface area contributed by atoms with Crippen LogP contribution < -0.4 is 15.0 Å². The van der Waals surface area contributed by atoms with Crippen molar-refractivity contribution in [1.82, 2.24) is 19.3 Å². The molecule has 0 spiro atoms. The summed E-state index contributed by atoms with van der Waals surface area (Å²) in [6.07, 6.45) is 1.62. The van der Waals surface area contributed by atoms with E-state index in [2.05, 4.69) is 10.1 Å². The van der Waals surface area contributed by atoms with E-state index in [-0.39, 0.29) is 28.9 Å². The van der Waals surface area contributed by atoms with Gasteiger partial charge in [-0.15, -0.1) is 0 Å². The summed E-state index contributed by atoms with van der Waals surface area (Å²) in [5.74, 6) is 0.408. The fourth-order valence-corrected chi connectivity index (χ4v) is 3.75. The van der Waals surface area contributed by atoms with Crippen molar-refractivity contribution in [3.63, 3.8) is 0 Å². The van der Waals surface area contributed by atoms with Crippen LogP contribution in [-0.2, 0) is 33.1 Å². The molecule has 0 aliphatic carbocycles. The molecule has 188 valence electrons. The zero-order chi connectivity index (χ0) is 25.9. The molecule has 0 aliphatic heterocycles. The Kier molecular flexibility index (Phi) is 7.35. The first-order chi connectivity index (χ1) is 17.1. The largest absolute Gasteiger partial charge is 0.464 e. The van der Waals surface area contributed by atoms with Crippen molar-refractivity contribution in [2.45, 2.75) is 19.0 Å². The Morgan fingerprint density at radius 2 is 1.72 bits per heavy atom. The molecule has 2 aromatic heterocycles. The molecule has 4 aromatic rings. The van der Waals surface area contributed by atoms with E-state index in [9.17, 15) is 18.0 Å². The van der Waals surface area contributed by atoms with E-state index < -0.39 is 11.7 Å². The van der Waals surface area contributed by atoms with Crippen molar-refractivity contribution in [2.24, 2.45) is 14.1 Å². The first-order valence-corrected chi connectivity index (χ1v) is 11.3. The van der Waals surface area contributed by atoms with Crippen molar-refractivity contribution in [3.05, 3.63) is 98.7 Å². The number of halogens is 4. The summed E-state index contributed by atoms with van der Waals surface area (Å²) in [6.45, 7) is 0.272. The van der Waals surface area contributed by atoms with Crippen LogP contribution in [0.5, 0.6) is 17.5 Å². The number of ether oxygens (including phenoxy) is 2. The molecule has 0 N–H and O–H groups in total. The van der Waals surface area contributed by atoms with Gasteiger partial charge in [-0.25, -0.2) is 0 Å². The van der Waals surface area contributed by atoms with E-state index in [4.69, 9.17) is 21.1 Å². The maximum absolute atomic E-state index is 13.0. The molecule has 2 heterocycles. The zero-order valence-corrected chi connectivity index (χ0v) is 20.2. The van der Waals surface area contributed by atoms with Crippen LogP contribution >= 0.6 is 11.6 Å². The van der Waals surface area contributed by atoms with Crippen molar-refractivity contribution in [2.75, 3.05) is 6.61 Å². The highest BCUT2D eigenvalue weighted by Crippen LogP contribution is 2.37. The Bertz CT molecular complexity index is 1420. The maximum atomic E-state index is 13.0. The summed E-state index contributed by atoms with van der Waals surface area (Å²) in [6, 6.07) is 10.5. The van der Waals surface area contributed by atoms with Gasteiger partial charge in [-0.3, -0.25) is 9.48 Å². The Morgan fingerprint density at radius 1 is 1.00 bits per heavy atom. The topological polar surface area (TPSA) is 71.2 Å². The normalized spacial score (nSPS) is 11.5. The summed E-state index contributed by atoms with van der Waals surface area (Å²) in [4.78, 5) is 16.5. The fraction of sp³-hybridized carbons (Fsp3) is 0.240. The molecular formula is C25H22ClF3N4O3. The van der Waals surface area contributed by atoms with E-state index in [1.54, 1.807) is 53.0 Å². The third-order valence-corrected chi connectivity index (χ3v) is 5.63. The van der Waals surface area contributed by atoms with Gasteiger partial charge < -0.3 is 14.0 Å². The number of benzene rings is 2. The average molecular weight is 519 g/mol. The molecule has 7 nitrogen and oxygen atoms in total. The zero-order valence-electron chi connectivity index (χ0n) is 19.4. The Hall–Kier alpha value is -3.79. The molecule has 4 rings (SSSR count). The van der Waals surface area contributed by atoms with Gasteiger partial charge in [0, 0.05) is 44.9 Å². The van der Waals surface area contributed by atoms with Gasteiger partial charge in [0.05, 0.1) is 23.4 Å². The standard InChI is InChI=1S/C25H22ClF3N4O3/c1-32-15-18(11-17-13-30-33(2)14-17)23(34)31-24(32)35-10-9-16-3-5-19(6-4-16)36-20-7-8-22(26)21(12-20)25(27,28)29/h3-8,12-15H,9-11H2,1-2H3. The highest BCUT2D eigenvalue weighted by atomic mass is 35.5. The Labute approximate surface area is 209 Å². The van der Waals surface area contributed by atoms with E-state index in [0.717, 1.165) is 23.3 Å². The second kappa shape index (κ2) is 10.4. The lowest BCUT2D eigenvalue weighted by molar-refractivity contribution is -0.137. The molecule has 0 atom stereocenters. The maximum Gasteiger partial charge on any atom is 0.417 e. The number of hydrogen-bond acceptors (Lipinski definition) is 5. The van der Waals surface area contributed by atoms with Gasteiger partial charge in [-0.2, -0.15) is 23.3 Å². The Morgan fingerprint density at radius 3 is 2.39 bits per heavy atom. The molecule has 0 bridgehead atoms.